The fourth-order valence-electron chi connectivity index (χ4n) is 12.4. The van der Waals surface area contributed by atoms with Crippen molar-refractivity contribution in [1.82, 2.24) is 9.97 Å². The van der Waals surface area contributed by atoms with Crippen LogP contribution in [-0.4, -0.2) is 65.4 Å². The van der Waals surface area contributed by atoms with E-state index in [0.29, 0.717) is 67.5 Å². The lowest BCUT2D eigenvalue weighted by Crippen LogP contribution is -2.59. The minimum atomic E-state index is -1.39. The third-order valence-electron chi connectivity index (χ3n) is 15.5. The zero-order valence-corrected chi connectivity index (χ0v) is 36.0. The largest absolute Gasteiger partial charge is 0.508 e. The number of aliphatic hydroxyl groups excluding tert-OH is 2. The van der Waals surface area contributed by atoms with Gasteiger partial charge in [-0.2, -0.15) is 0 Å². The molecule has 2 aliphatic heterocycles. The van der Waals surface area contributed by atoms with Crippen LogP contribution in [0.5, 0.6) is 17.2 Å². The number of phenolic OH excluding ortho intramolecular Hbond substituents is 2. The highest BCUT2D eigenvalue weighted by Gasteiger charge is 2.57. The van der Waals surface area contributed by atoms with E-state index in [1.54, 1.807) is 37.5 Å². The summed E-state index contributed by atoms with van der Waals surface area (Å²) in [7, 11) is 0. The smallest absolute Gasteiger partial charge is 0.337 e. The molecule has 14 nitrogen and oxygen atoms in total. The van der Waals surface area contributed by atoms with Gasteiger partial charge in [0, 0.05) is 59.3 Å². The lowest BCUT2D eigenvalue weighted by Gasteiger charge is -2.51. The van der Waals surface area contributed by atoms with E-state index in [1.807, 2.05) is 25.1 Å². The van der Waals surface area contributed by atoms with Gasteiger partial charge in [0.15, 0.2) is 5.43 Å². The minimum Gasteiger partial charge on any atom is -0.508 e. The summed E-state index contributed by atoms with van der Waals surface area (Å²) in [6, 6.07) is 10.1. The van der Waals surface area contributed by atoms with Crippen LogP contribution in [0.25, 0.3) is 11.0 Å². The standard InChI is InChI=1S/C50H54N4O10/c1-3-35(50(61)13-4-5-14-50)48(60)63-38-20-33-44(59)42-37(58)19-28(22-55)62-46(42)43-40-31-12-15-53-47(52)41(31)30(11-7-24-6-9-27(57)18-32(24)34(40)23-56)29-10-8-25-17-39(51)54-21-26(25)16-36(29)49(38,2)64-45(33)43/h3,6,9,12,15,17-19,21,29-30,34,36,38,40,55-57,59,61H,4-5,7-8,10-11,13-14,16,20,22-23H2,1-2H3,(H2,51,54)(H2,52,53). The third-order valence-corrected chi connectivity index (χ3v) is 15.5. The molecule has 10 rings (SSSR count). The zero-order chi connectivity index (χ0) is 44.8. The van der Waals surface area contributed by atoms with E-state index < -0.39 is 65.4 Å². The second kappa shape index (κ2) is 15.6. The normalized spacial score (nSPS) is 26.8. The maximum absolute atomic E-state index is 14.7. The summed E-state index contributed by atoms with van der Waals surface area (Å²) < 4.78 is 20.8. The second-order valence-corrected chi connectivity index (χ2v) is 18.7. The molecule has 0 radical (unpaired) electrons. The molecule has 1 fully saturated rings. The van der Waals surface area contributed by atoms with E-state index >= 15 is 0 Å². The molecule has 3 aromatic heterocycles. The maximum Gasteiger partial charge on any atom is 0.337 e. The molecule has 5 aromatic rings. The van der Waals surface area contributed by atoms with Crippen molar-refractivity contribution in [1.29, 1.82) is 0 Å². The lowest BCUT2D eigenvalue weighted by molar-refractivity contribution is -0.170. The first-order valence-electron chi connectivity index (χ1n) is 22.4. The number of allylic oxidation sites excluding steroid dienone is 1. The van der Waals surface area contributed by atoms with Gasteiger partial charge in [0.25, 0.3) is 0 Å². The number of benzene rings is 2. The van der Waals surface area contributed by atoms with Gasteiger partial charge in [0.1, 0.15) is 63.9 Å². The first-order chi connectivity index (χ1) is 30.8. The molecule has 64 heavy (non-hydrogen) atoms. The molecule has 334 valence electrons. The highest BCUT2D eigenvalue weighted by molar-refractivity contribution is 5.93. The molecule has 7 atom stereocenters. The van der Waals surface area contributed by atoms with Crippen LogP contribution in [0.1, 0.15) is 120 Å². The number of fused-ring (bicyclic) bond motifs is 9. The Morgan fingerprint density at radius 1 is 0.969 bits per heavy atom. The predicted molar refractivity (Wildman–Crippen MR) is 237 cm³/mol. The van der Waals surface area contributed by atoms with Gasteiger partial charge in [0.05, 0.1) is 17.8 Å². The van der Waals surface area contributed by atoms with Crippen LogP contribution in [0, 0.1) is 11.8 Å². The van der Waals surface area contributed by atoms with Crippen molar-refractivity contribution in [3.63, 3.8) is 0 Å². The molecule has 2 aromatic carbocycles. The highest BCUT2D eigenvalue weighted by atomic mass is 16.6. The van der Waals surface area contributed by atoms with E-state index in [4.69, 9.17) is 30.3 Å². The molecule has 5 aliphatic rings. The number of pyridine rings is 2. The number of carbonyl (C=O) groups excluding carboxylic acids is 1. The minimum absolute atomic E-state index is 0.00273. The summed E-state index contributed by atoms with van der Waals surface area (Å²) in [6.07, 6.45) is 8.97. The quantitative estimate of drug-likeness (QED) is 0.0806. The number of carbonyl (C=O) groups is 1. The number of nitrogens with two attached hydrogens (primary N) is 2. The third kappa shape index (κ3) is 6.47. The predicted octanol–water partition coefficient (Wildman–Crippen LogP) is 5.88. The number of anilines is 2. The van der Waals surface area contributed by atoms with Crippen molar-refractivity contribution >= 4 is 28.6 Å². The van der Waals surface area contributed by atoms with Gasteiger partial charge >= 0.3 is 5.97 Å². The first-order valence-corrected chi connectivity index (χ1v) is 22.4. The number of esters is 1. The molecule has 5 heterocycles. The molecule has 9 N–H and O–H groups in total. The lowest BCUT2D eigenvalue weighted by atomic mass is 9.62. The summed E-state index contributed by atoms with van der Waals surface area (Å²) >= 11 is 0. The maximum atomic E-state index is 14.7. The summed E-state index contributed by atoms with van der Waals surface area (Å²) in [4.78, 5) is 38.2. The average Bonchev–Trinajstić information content (AvgIpc) is 3.64. The van der Waals surface area contributed by atoms with Crippen LogP contribution >= 0.6 is 0 Å². The monoisotopic (exact) mass is 870 g/mol. The molecule has 0 spiro atoms. The average molecular weight is 871 g/mol. The van der Waals surface area contributed by atoms with Crippen molar-refractivity contribution in [2.24, 2.45) is 11.8 Å². The number of nitrogen functional groups attached to an aromatic ring is 2. The van der Waals surface area contributed by atoms with Crippen LogP contribution in [0.2, 0.25) is 0 Å². The molecule has 4 bridgehead atoms. The highest BCUT2D eigenvalue weighted by Crippen LogP contribution is 2.60. The van der Waals surface area contributed by atoms with E-state index in [1.165, 1.54) is 0 Å². The number of rotatable bonds is 5. The van der Waals surface area contributed by atoms with E-state index in [0.717, 1.165) is 41.2 Å². The summed E-state index contributed by atoms with van der Waals surface area (Å²) in [5.41, 5.74) is 15.7. The number of phenols is 2. The van der Waals surface area contributed by atoms with Crippen LogP contribution in [0.4, 0.5) is 11.6 Å². The molecular formula is C50H54N4O10. The Bertz CT molecular complexity index is 2810. The van der Waals surface area contributed by atoms with Crippen molar-refractivity contribution in [3.05, 3.63) is 121 Å². The molecule has 1 saturated carbocycles. The number of nitrogens with zero attached hydrogens (tertiary/aromatic N) is 2. The van der Waals surface area contributed by atoms with Gasteiger partial charge < -0.3 is 50.9 Å². The van der Waals surface area contributed by atoms with Gasteiger partial charge in [-0.15, -0.1) is 0 Å². The van der Waals surface area contributed by atoms with Crippen molar-refractivity contribution in [3.8, 4) is 17.2 Å². The Labute approximate surface area is 369 Å². The van der Waals surface area contributed by atoms with Crippen LogP contribution in [-0.2, 0) is 41.8 Å². The second-order valence-electron chi connectivity index (χ2n) is 18.7. The fourth-order valence-corrected chi connectivity index (χ4v) is 12.4. The Balaban J connectivity index is 1.33. The van der Waals surface area contributed by atoms with Gasteiger partial charge in [-0.25, -0.2) is 14.8 Å². The molecule has 7 unspecified atom stereocenters. The van der Waals surface area contributed by atoms with E-state index in [-0.39, 0.29) is 63.4 Å². The Hall–Kier alpha value is -5.96. The fraction of sp³-hybridized carbons (Fsp3) is 0.440. The molecule has 3 aliphatic carbocycles. The topological polar surface area (TPSA) is 245 Å². The van der Waals surface area contributed by atoms with E-state index in [2.05, 4.69) is 4.98 Å². The van der Waals surface area contributed by atoms with E-state index in [9.17, 15) is 35.1 Å². The Kier molecular flexibility index (Phi) is 10.3. The summed E-state index contributed by atoms with van der Waals surface area (Å²) in [5.74, 6) is -3.01. The van der Waals surface area contributed by atoms with Gasteiger partial charge in [-0.05, 0) is 123 Å². The van der Waals surface area contributed by atoms with Gasteiger partial charge in [-0.3, -0.25) is 4.79 Å². The number of aromatic nitrogens is 2. The van der Waals surface area contributed by atoms with Crippen LogP contribution < -0.4 is 21.6 Å². The Morgan fingerprint density at radius 3 is 2.50 bits per heavy atom. The molecule has 0 saturated heterocycles. The molecule has 0 amide bonds. The van der Waals surface area contributed by atoms with Crippen LogP contribution in [0.3, 0.4) is 0 Å². The van der Waals surface area contributed by atoms with Crippen molar-refractivity contribution in [2.45, 2.75) is 120 Å². The first kappa shape index (κ1) is 42.0. The van der Waals surface area contributed by atoms with Gasteiger partial charge in [-0.1, -0.05) is 25.0 Å². The number of hydrogen-bond donors (Lipinski definition) is 7. The number of aromatic hydroxyl groups is 2. The SMILES string of the molecule is CC=C(C(=O)OC1Cc2c3c(c4oc(CO)cc(=O)c4c2O)C2c4ccnc(N)c4C(CCc4ccc(O)cc4C2CO)C2CCc4cc(N)ncc4CC2C1(C)O3)C1(O)CCCC1. The van der Waals surface area contributed by atoms with Gasteiger partial charge in [0.2, 0.25) is 0 Å². The number of hydrogen-bond acceptors (Lipinski definition) is 14. The van der Waals surface area contributed by atoms with Crippen molar-refractivity contribution in [2.75, 3.05) is 18.1 Å². The number of aliphatic hydroxyl groups is 3. The van der Waals surface area contributed by atoms with Crippen molar-refractivity contribution < 1.29 is 44.2 Å². The summed E-state index contributed by atoms with van der Waals surface area (Å²) in [5, 5.41) is 57.4. The molecule has 14 heteroatoms. The zero-order valence-electron chi connectivity index (χ0n) is 36.0. The number of aryl methyl sites for hydroxylation is 2. The molecular weight excluding hydrogens is 817 g/mol. The van der Waals surface area contributed by atoms with Crippen LogP contribution in [0.15, 0.2) is 69.7 Å². The Morgan fingerprint density at radius 2 is 1.75 bits per heavy atom. The summed E-state index contributed by atoms with van der Waals surface area (Å²) in [6.45, 7) is 2.59. The number of ether oxygens (including phenoxy) is 2.